The minimum Gasteiger partial charge on any atom is -0.371 e. The maximum atomic E-state index is 12.7. The van der Waals surface area contributed by atoms with Gasteiger partial charge in [-0.05, 0) is 76.1 Å². The van der Waals surface area contributed by atoms with E-state index in [1.807, 2.05) is 12.1 Å². The Morgan fingerprint density at radius 1 is 1.00 bits per heavy atom. The maximum absolute atomic E-state index is 12.7. The average molecular weight is 451 g/mol. The van der Waals surface area contributed by atoms with E-state index in [4.69, 9.17) is 0 Å². The van der Waals surface area contributed by atoms with Crippen LogP contribution in [0, 0.1) is 11.8 Å². The summed E-state index contributed by atoms with van der Waals surface area (Å²) >= 11 is 0. The maximum Gasteiger partial charge on any atom is 0.321 e. The molecule has 2 aliphatic heterocycles. The molecule has 1 aromatic carbocycles. The van der Waals surface area contributed by atoms with E-state index in [0.717, 1.165) is 18.8 Å². The van der Waals surface area contributed by atoms with Gasteiger partial charge in [-0.1, -0.05) is 13.8 Å². The van der Waals surface area contributed by atoms with Gasteiger partial charge in [-0.15, -0.1) is 0 Å². The van der Waals surface area contributed by atoms with Gasteiger partial charge in [0.15, 0.2) is 0 Å². The van der Waals surface area contributed by atoms with Gasteiger partial charge in [0.25, 0.3) is 0 Å². The Morgan fingerprint density at radius 2 is 1.55 bits per heavy atom. The average Bonchev–Trinajstić information content (AvgIpc) is 2.67. The number of hydrogen-bond donors (Lipinski definition) is 2. The van der Waals surface area contributed by atoms with Crippen LogP contribution in [0.4, 0.5) is 16.2 Å². The number of rotatable bonds is 4. The zero-order valence-corrected chi connectivity index (χ0v) is 20.3. The number of nitrogens with one attached hydrogen (secondary N) is 2. The van der Waals surface area contributed by atoms with Gasteiger partial charge in [-0.25, -0.2) is 17.9 Å². The lowest BCUT2D eigenvalue weighted by atomic mass is 9.91. The van der Waals surface area contributed by atoms with Gasteiger partial charge in [-0.2, -0.15) is 0 Å². The molecule has 2 unspecified atom stereocenters. The Hall–Kier alpha value is -1.80. The zero-order chi connectivity index (χ0) is 22.8. The topological polar surface area (TPSA) is 81.8 Å². The first kappa shape index (κ1) is 23.9. The van der Waals surface area contributed by atoms with Crippen molar-refractivity contribution in [3.05, 3.63) is 24.3 Å². The van der Waals surface area contributed by atoms with Crippen LogP contribution in [0.2, 0.25) is 0 Å². The van der Waals surface area contributed by atoms with Crippen molar-refractivity contribution in [2.24, 2.45) is 11.8 Å². The van der Waals surface area contributed by atoms with Crippen molar-refractivity contribution in [1.82, 2.24) is 9.62 Å². The molecule has 2 atom stereocenters. The normalized spacial score (nSPS) is 23.6. The molecule has 0 spiro atoms. The minimum absolute atomic E-state index is 0.123. The summed E-state index contributed by atoms with van der Waals surface area (Å²) in [6.07, 6.45) is 2.51. The molecule has 174 valence electrons. The second-order valence-electron chi connectivity index (χ2n) is 10.3. The number of urea groups is 1. The molecular formula is C23H38N4O3S. The highest BCUT2D eigenvalue weighted by Crippen LogP contribution is 2.27. The summed E-state index contributed by atoms with van der Waals surface area (Å²) in [6, 6.07) is 7.82. The minimum atomic E-state index is -3.38. The first-order valence-corrected chi connectivity index (χ1v) is 12.9. The molecule has 0 aromatic heterocycles. The Morgan fingerprint density at radius 3 is 2.06 bits per heavy atom. The molecule has 0 aliphatic carbocycles. The molecule has 2 fully saturated rings. The first-order chi connectivity index (χ1) is 14.4. The van der Waals surface area contributed by atoms with Crippen molar-refractivity contribution in [3.63, 3.8) is 0 Å². The summed E-state index contributed by atoms with van der Waals surface area (Å²) in [5, 5.41) is 2.98. The van der Waals surface area contributed by atoms with Crippen LogP contribution in [-0.2, 0) is 10.0 Å². The van der Waals surface area contributed by atoms with Crippen LogP contribution in [0.15, 0.2) is 24.3 Å². The fourth-order valence-corrected chi connectivity index (χ4v) is 5.46. The molecule has 2 aliphatic rings. The van der Waals surface area contributed by atoms with Gasteiger partial charge in [0.2, 0.25) is 10.0 Å². The van der Waals surface area contributed by atoms with Crippen molar-refractivity contribution >= 4 is 27.4 Å². The molecule has 1 aromatic rings. The van der Waals surface area contributed by atoms with Crippen LogP contribution in [0.3, 0.4) is 0 Å². The van der Waals surface area contributed by atoms with Gasteiger partial charge in [0.1, 0.15) is 0 Å². The van der Waals surface area contributed by atoms with Crippen LogP contribution >= 0.6 is 0 Å². The molecule has 0 bridgehead atoms. The highest BCUT2D eigenvalue weighted by molar-refractivity contribution is 7.90. The van der Waals surface area contributed by atoms with E-state index in [1.165, 1.54) is 12.1 Å². The van der Waals surface area contributed by atoms with Crippen LogP contribution in [0.1, 0.15) is 53.9 Å². The number of nitrogens with zero attached hydrogens (tertiary/aromatic N) is 2. The summed E-state index contributed by atoms with van der Waals surface area (Å²) < 4.78 is 26.7. The molecule has 0 saturated carbocycles. The molecule has 31 heavy (non-hydrogen) atoms. The van der Waals surface area contributed by atoms with E-state index >= 15 is 0 Å². The third kappa shape index (κ3) is 6.13. The molecule has 2 heterocycles. The van der Waals surface area contributed by atoms with Crippen molar-refractivity contribution in [2.75, 3.05) is 36.4 Å². The van der Waals surface area contributed by atoms with E-state index in [-0.39, 0.29) is 12.1 Å². The van der Waals surface area contributed by atoms with Crippen LogP contribution in [0.5, 0.6) is 0 Å². The van der Waals surface area contributed by atoms with Crippen LogP contribution in [0.25, 0.3) is 0 Å². The number of amides is 2. The van der Waals surface area contributed by atoms with Crippen molar-refractivity contribution in [1.29, 1.82) is 0 Å². The summed E-state index contributed by atoms with van der Waals surface area (Å²) in [5.74, 6) is 1.39. The van der Waals surface area contributed by atoms with Crippen molar-refractivity contribution < 1.29 is 13.2 Å². The zero-order valence-electron chi connectivity index (χ0n) is 19.5. The quantitative estimate of drug-likeness (QED) is 0.729. The van der Waals surface area contributed by atoms with Crippen molar-refractivity contribution in [3.8, 4) is 0 Å². The number of sulfonamides is 1. The van der Waals surface area contributed by atoms with E-state index in [9.17, 15) is 13.2 Å². The lowest BCUT2D eigenvalue weighted by Gasteiger charge is -2.36. The number of carbonyl (C=O) groups is 1. The lowest BCUT2D eigenvalue weighted by molar-refractivity contribution is 0.193. The van der Waals surface area contributed by atoms with Gasteiger partial charge in [0, 0.05) is 43.6 Å². The third-order valence-corrected chi connectivity index (χ3v) is 8.52. The molecule has 7 nitrogen and oxygen atoms in total. The van der Waals surface area contributed by atoms with Crippen LogP contribution in [-0.4, -0.2) is 56.3 Å². The molecular weight excluding hydrogens is 412 g/mol. The van der Waals surface area contributed by atoms with Gasteiger partial charge >= 0.3 is 6.03 Å². The van der Waals surface area contributed by atoms with Crippen LogP contribution < -0.4 is 14.9 Å². The second-order valence-corrected chi connectivity index (χ2v) is 12.8. The van der Waals surface area contributed by atoms with E-state index in [2.05, 4.69) is 40.9 Å². The Bertz CT molecular complexity index is 846. The third-order valence-electron chi connectivity index (χ3n) is 6.26. The van der Waals surface area contributed by atoms with E-state index < -0.39 is 14.8 Å². The number of likely N-dealkylation sites (tertiary alicyclic amines) is 1. The van der Waals surface area contributed by atoms with E-state index in [0.29, 0.717) is 37.8 Å². The first-order valence-electron chi connectivity index (χ1n) is 11.4. The highest BCUT2D eigenvalue weighted by Gasteiger charge is 2.33. The molecule has 3 rings (SSSR count). The second kappa shape index (κ2) is 9.36. The Kier molecular flexibility index (Phi) is 7.21. The highest BCUT2D eigenvalue weighted by atomic mass is 32.2. The summed E-state index contributed by atoms with van der Waals surface area (Å²) in [7, 11) is -3.38. The fraction of sp³-hybridized carbons (Fsp3) is 0.696. The Balaban J connectivity index is 1.50. The summed E-state index contributed by atoms with van der Waals surface area (Å²) in [5.41, 5.74) is 1.98. The van der Waals surface area contributed by atoms with Gasteiger partial charge < -0.3 is 15.1 Å². The monoisotopic (exact) mass is 450 g/mol. The summed E-state index contributed by atoms with van der Waals surface area (Å²) in [6.45, 7) is 12.9. The molecule has 8 heteroatoms. The number of piperidine rings is 2. The lowest BCUT2D eigenvalue weighted by Crippen LogP contribution is -2.50. The molecule has 2 N–H and O–H groups in total. The largest absolute Gasteiger partial charge is 0.371 e. The fourth-order valence-electron chi connectivity index (χ4n) is 4.43. The van der Waals surface area contributed by atoms with E-state index in [1.54, 1.807) is 25.7 Å². The number of carbonyl (C=O) groups excluding carboxylic acids is 1. The van der Waals surface area contributed by atoms with Crippen molar-refractivity contribution in [2.45, 2.75) is 64.7 Å². The standard InChI is InChI=1S/C23H38N4O3S/c1-17-14-18(2)16-27(15-17)21-8-6-19(7-9-21)24-22(28)26-12-10-20(11-13-26)25-31(29,30)23(3,4)5/h6-9,17-18,20,25H,10-16H2,1-5H3,(H,24,28). The molecule has 0 radical (unpaired) electrons. The predicted octanol–water partition coefficient (Wildman–Crippen LogP) is 3.88. The number of anilines is 2. The smallest absolute Gasteiger partial charge is 0.321 e. The molecule has 2 amide bonds. The predicted molar refractivity (Wildman–Crippen MR) is 127 cm³/mol. The number of hydrogen-bond acceptors (Lipinski definition) is 4. The Labute approximate surface area is 187 Å². The summed E-state index contributed by atoms with van der Waals surface area (Å²) in [4.78, 5) is 16.8. The van der Waals surface area contributed by atoms with Gasteiger partial charge in [-0.3, -0.25) is 0 Å². The molecule has 2 saturated heterocycles. The van der Waals surface area contributed by atoms with Gasteiger partial charge in [0.05, 0.1) is 4.75 Å². The number of benzene rings is 1. The SMILES string of the molecule is CC1CC(C)CN(c2ccc(NC(=O)N3CCC(NS(=O)(=O)C(C)(C)C)CC3)cc2)C1.